The predicted octanol–water partition coefficient (Wildman–Crippen LogP) is 3.70. The maximum Gasteiger partial charge on any atom is 0.119 e. The molecule has 0 aliphatic rings. The van der Waals surface area contributed by atoms with E-state index < -0.39 is 0 Å². The summed E-state index contributed by atoms with van der Waals surface area (Å²) in [5, 5.41) is 3.36. The Kier molecular flexibility index (Phi) is 4.98. The minimum Gasteiger partial charge on any atom is -0.497 e. The van der Waals surface area contributed by atoms with E-state index in [0.717, 1.165) is 27.0 Å². The maximum atomic E-state index is 5.61. The Labute approximate surface area is 132 Å². The quantitative estimate of drug-likeness (QED) is 0.807. The van der Waals surface area contributed by atoms with E-state index >= 15 is 0 Å². The Morgan fingerprint density at radius 2 is 2.10 bits per heavy atom. The number of anilines is 1. The average Bonchev–Trinajstić information content (AvgIpc) is 2.46. The molecule has 0 saturated carbocycles. The second kappa shape index (κ2) is 6.72. The molecule has 0 amide bonds. The van der Waals surface area contributed by atoms with Crippen molar-refractivity contribution < 1.29 is 4.74 Å². The Balaban J connectivity index is 2.08. The Bertz CT molecular complexity index is 631. The van der Waals surface area contributed by atoms with Crippen molar-refractivity contribution in [3.8, 4) is 5.75 Å². The fraction of sp³-hybridized carbons (Fsp3) is 0.133. The highest BCUT2D eigenvalue weighted by Crippen LogP contribution is 2.24. The van der Waals surface area contributed by atoms with Crippen LogP contribution < -0.4 is 15.8 Å². The first-order valence-corrected chi connectivity index (χ1v) is 7.26. The van der Waals surface area contributed by atoms with Gasteiger partial charge in [-0.3, -0.25) is 0 Å². The molecule has 0 saturated heterocycles. The van der Waals surface area contributed by atoms with Gasteiger partial charge in [0.05, 0.1) is 7.11 Å². The number of benzene rings is 2. The second-order valence-corrected chi connectivity index (χ2v) is 5.56. The van der Waals surface area contributed by atoms with Gasteiger partial charge in [-0.05, 0) is 51.8 Å². The van der Waals surface area contributed by atoms with E-state index in [-0.39, 0.29) is 0 Å². The lowest BCUT2D eigenvalue weighted by Gasteiger charge is -2.10. The third-order valence-corrected chi connectivity index (χ3v) is 3.76. The molecule has 0 radical (unpaired) electrons. The van der Waals surface area contributed by atoms with Crippen LogP contribution in [0.1, 0.15) is 11.1 Å². The first-order chi connectivity index (χ1) is 9.60. The lowest BCUT2D eigenvalue weighted by Crippen LogP contribution is -2.09. The van der Waals surface area contributed by atoms with Crippen LogP contribution >= 0.6 is 28.1 Å². The molecule has 2 aromatic carbocycles. The van der Waals surface area contributed by atoms with Gasteiger partial charge >= 0.3 is 0 Å². The van der Waals surface area contributed by atoms with Gasteiger partial charge in [0.1, 0.15) is 10.7 Å². The number of halogens is 1. The largest absolute Gasteiger partial charge is 0.497 e. The van der Waals surface area contributed by atoms with Gasteiger partial charge in [-0.2, -0.15) is 0 Å². The molecular formula is C15H15BrN2OS. The minimum absolute atomic E-state index is 0.394. The topological polar surface area (TPSA) is 47.3 Å². The number of methoxy groups -OCH3 is 1. The normalized spacial score (nSPS) is 10.1. The summed E-state index contributed by atoms with van der Waals surface area (Å²) in [4.78, 5) is 0.394. The van der Waals surface area contributed by atoms with E-state index in [2.05, 4.69) is 21.2 Å². The van der Waals surface area contributed by atoms with Crippen LogP contribution in [0, 0.1) is 0 Å². The zero-order valence-corrected chi connectivity index (χ0v) is 13.4. The fourth-order valence-electron chi connectivity index (χ4n) is 1.79. The lowest BCUT2D eigenvalue weighted by molar-refractivity contribution is 0.414. The van der Waals surface area contributed by atoms with Gasteiger partial charge in [0, 0.05) is 22.3 Å². The average molecular weight is 351 g/mol. The maximum absolute atomic E-state index is 5.61. The summed E-state index contributed by atoms with van der Waals surface area (Å²) >= 11 is 8.47. The first-order valence-electron chi connectivity index (χ1n) is 6.06. The van der Waals surface area contributed by atoms with Crippen molar-refractivity contribution in [1.29, 1.82) is 0 Å². The van der Waals surface area contributed by atoms with Gasteiger partial charge in [-0.1, -0.05) is 24.4 Å². The van der Waals surface area contributed by atoms with Crippen molar-refractivity contribution in [3.05, 3.63) is 58.1 Å². The van der Waals surface area contributed by atoms with Crippen molar-refractivity contribution in [2.45, 2.75) is 6.54 Å². The molecular weight excluding hydrogens is 336 g/mol. The van der Waals surface area contributed by atoms with Gasteiger partial charge in [0.15, 0.2) is 0 Å². The predicted molar refractivity (Wildman–Crippen MR) is 90.4 cm³/mol. The number of hydrogen-bond donors (Lipinski definition) is 2. The number of ether oxygens (including phenoxy) is 1. The van der Waals surface area contributed by atoms with Crippen LogP contribution in [0.25, 0.3) is 0 Å². The van der Waals surface area contributed by atoms with E-state index in [1.54, 1.807) is 7.11 Å². The van der Waals surface area contributed by atoms with Crippen LogP contribution in [0.5, 0.6) is 5.75 Å². The first kappa shape index (κ1) is 14.8. The number of nitrogens with two attached hydrogens (primary N) is 1. The molecule has 20 heavy (non-hydrogen) atoms. The number of thiocarbonyl (C=S) groups is 1. The molecule has 5 heteroatoms. The van der Waals surface area contributed by atoms with Crippen LogP contribution in [0.15, 0.2) is 46.9 Å². The third kappa shape index (κ3) is 3.71. The van der Waals surface area contributed by atoms with E-state index in [1.165, 1.54) is 0 Å². The molecule has 104 valence electrons. The summed E-state index contributed by atoms with van der Waals surface area (Å²) in [6, 6.07) is 13.7. The highest BCUT2D eigenvalue weighted by molar-refractivity contribution is 9.10. The summed E-state index contributed by atoms with van der Waals surface area (Å²) in [5.74, 6) is 0.854. The lowest BCUT2D eigenvalue weighted by atomic mass is 10.2. The molecule has 0 aliphatic carbocycles. The molecule has 3 nitrogen and oxygen atoms in total. The highest BCUT2D eigenvalue weighted by atomic mass is 79.9. The van der Waals surface area contributed by atoms with Gasteiger partial charge in [0.2, 0.25) is 0 Å². The van der Waals surface area contributed by atoms with Crippen LogP contribution in [-0.2, 0) is 6.54 Å². The Hall–Kier alpha value is -1.59. The van der Waals surface area contributed by atoms with Gasteiger partial charge in [0.25, 0.3) is 0 Å². The van der Waals surface area contributed by atoms with Crippen LogP contribution in [-0.4, -0.2) is 12.1 Å². The molecule has 2 aromatic rings. The molecule has 0 atom stereocenters. The van der Waals surface area contributed by atoms with Crippen molar-refractivity contribution in [1.82, 2.24) is 0 Å². The van der Waals surface area contributed by atoms with Crippen molar-refractivity contribution in [3.63, 3.8) is 0 Å². The number of nitrogens with one attached hydrogen (secondary N) is 1. The molecule has 0 unspecified atom stereocenters. The van der Waals surface area contributed by atoms with Gasteiger partial charge in [-0.25, -0.2) is 0 Å². The standard InChI is InChI=1S/C15H15BrN2OS/c1-19-12-4-2-3-10(7-12)9-18-14-6-5-11(15(17)20)8-13(14)16/h2-8,18H,9H2,1H3,(H2,17,20). The fourth-order valence-corrected chi connectivity index (χ4v) is 2.44. The summed E-state index contributed by atoms with van der Waals surface area (Å²) in [6.45, 7) is 0.711. The summed E-state index contributed by atoms with van der Waals surface area (Å²) < 4.78 is 6.14. The van der Waals surface area contributed by atoms with E-state index in [9.17, 15) is 0 Å². The Morgan fingerprint density at radius 3 is 2.75 bits per heavy atom. The molecule has 0 aliphatic heterocycles. The molecule has 0 bridgehead atoms. The number of rotatable bonds is 5. The molecule has 0 heterocycles. The SMILES string of the molecule is COc1cccc(CNc2ccc(C(N)=S)cc2Br)c1. The summed E-state index contributed by atoms with van der Waals surface area (Å²) in [6.07, 6.45) is 0. The monoisotopic (exact) mass is 350 g/mol. The van der Waals surface area contributed by atoms with Crippen molar-refractivity contribution in [2.24, 2.45) is 5.73 Å². The van der Waals surface area contributed by atoms with Gasteiger partial charge in [-0.15, -0.1) is 0 Å². The summed E-state index contributed by atoms with van der Waals surface area (Å²) in [7, 11) is 1.66. The van der Waals surface area contributed by atoms with Gasteiger partial charge < -0.3 is 15.8 Å². The Morgan fingerprint density at radius 1 is 1.30 bits per heavy atom. The van der Waals surface area contributed by atoms with Crippen molar-refractivity contribution in [2.75, 3.05) is 12.4 Å². The zero-order valence-electron chi connectivity index (χ0n) is 11.0. The molecule has 0 spiro atoms. The molecule has 0 aromatic heterocycles. The van der Waals surface area contributed by atoms with E-state index in [1.807, 2.05) is 42.5 Å². The van der Waals surface area contributed by atoms with Crippen LogP contribution in [0.2, 0.25) is 0 Å². The van der Waals surface area contributed by atoms with Crippen molar-refractivity contribution >= 4 is 38.8 Å². The van der Waals surface area contributed by atoms with Crippen LogP contribution in [0.4, 0.5) is 5.69 Å². The molecule has 2 rings (SSSR count). The second-order valence-electron chi connectivity index (χ2n) is 4.26. The van der Waals surface area contributed by atoms with Crippen LogP contribution in [0.3, 0.4) is 0 Å². The van der Waals surface area contributed by atoms with E-state index in [0.29, 0.717) is 11.5 Å². The third-order valence-electron chi connectivity index (χ3n) is 2.87. The molecule has 3 N–H and O–H groups in total. The van der Waals surface area contributed by atoms with E-state index in [4.69, 9.17) is 22.7 Å². The molecule has 0 fully saturated rings. The number of hydrogen-bond acceptors (Lipinski definition) is 3. The highest BCUT2D eigenvalue weighted by Gasteiger charge is 2.03. The smallest absolute Gasteiger partial charge is 0.119 e. The zero-order chi connectivity index (χ0) is 14.5. The summed E-state index contributed by atoms with van der Waals surface area (Å²) in [5.41, 5.74) is 8.59. The minimum atomic E-state index is 0.394.